The lowest BCUT2D eigenvalue weighted by molar-refractivity contribution is 0.314. The maximum Gasteiger partial charge on any atom is 0.0517 e. The average Bonchev–Trinajstić information content (AvgIpc) is 2.49. The predicted octanol–water partition coefficient (Wildman–Crippen LogP) is 4.97. The predicted molar refractivity (Wildman–Crippen MR) is 93.5 cm³/mol. The second-order valence-electron chi connectivity index (χ2n) is 6.10. The summed E-state index contributed by atoms with van der Waals surface area (Å²) in [4.78, 5) is 2.31. The van der Waals surface area contributed by atoms with E-state index in [2.05, 4.69) is 63.0 Å². The first-order valence-corrected chi connectivity index (χ1v) is 8.31. The fourth-order valence-electron chi connectivity index (χ4n) is 2.82. The van der Waals surface area contributed by atoms with Crippen molar-refractivity contribution in [3.05, 3.63) is 48.5 Å². The summed E-state index contributed by atoms with van der Waals surface area (Å²) in [5, 5.41) is 0. The van der Waals surface area contributed by atoms with Gasteiger partial charge in [-0.3, -0.25) is 0 Å². The van der Waals surface area contributed by atoms with Gasteiger partial charge in [0.05, 0.1) is 6.04 Å². The van der Waals surface area contributed by atoms with Crippen LogP contribution in [0.4, 0.5) is 0 Å². The Labute approximate surface area is 131 Å². The van der Waals surface area contributed by atoms with Gasteiger partial charge in [0.15, 0.2) is 0 Å². The molecule has 0 fully saturated rings. The van der Waals surface area contributed by atoms with E-state index in [1.165, 1.54) is 18.5 Å². The number of unbranched alkanes of at least 4 members (excludes halogenated alkanes) is 1. The quantitative estimate of drug-likeness (QED) is 0.529. The van der Waals surface area contributed by atoms with Gasteiger partial charge in [-0.05, 0) is 44.1 Å². The first kappa shape index (κ1) is 17.6. The monoisotopic (exact) mass is 288 g/mol. The van der Waals surface area contributed by atoms with Crippen molar-refractivity contribution in [3.63, 3.8) is 0 Å². The Morgan fingerprint density at radius 2 is 2.10 bits per heavy atom. The lowest BCUT2D eigenvalue weighted by Crippen LogP contribution is -2.31. The largest absolute Gasteiger partial charge is 0.403 e. The zero-order valence-corrected chi connectivity index (χ0v) is 14.1. The van der Waals surface area contributed by atoms with E-state index in [-0.39, 0.29) is 0 Å². The molecule has 2 nitrogen and oxygen atoms in total. The second-order valence-corrected chi connectivity index (χ2v) is 6.10. The van der Waals surface area contributed by atoms with Crippen molar-refractivity contribution in [1.29, 1.82) is 0 Å². The number of nitrogens with two attached hydrogens (primary N) is 1. The molecule has 0 unspecified atom stereocenters. The van der Waals surface area contributed by atoms with Gasteiger partial charge in [-0.25, -0.2) is 0 Å². The van der Waals surface area contributed by atoms with E-state index >= 15 is 0 Å². The second kappa shape index (κ2) is 9.49. The number of nitrogens with zero attached hydrogens (tertiary/aromatic N) is 1. The first-order valence-electron chi connectivity index (χ1n) is 8.31. The highest BCUT2D eigenvalue weighted by Crippen LogP contribution is 2.29. The molecule has 2 atom stereocenters. The molecule has 2 N–H and O–H groups in total. The van der Waals surface area contributed by atoms with E-state index in [0.717, 1.165) is 24.7 Å². The minimum Gasteiger partial charge on any atom is -0.403 e. The van der Waals surface area contributed by atoms with Crippen LogP contribution < -0.4 is 5.73 Å². The Kier molecular flexibility index (Phi) is 7.96. The molecule has 1 rings (SSSR count). The third-order valence-electron chi connectivity index (χ3n) is 4.11. The Morgan fingerprint density at radius 3 is 2.57 bits per heavy atom. The number of rotatable bonds is 7. The SMILES string of the molecule is C/C=C\C(=CCCC)N(/C=C/N)[C@H]1C=C[C@@H](C(C)C)CC1. The highest BCUT2D eigenvalue weighted by Gasteiger charge is 2.22. The minimum atomic E-state index is 0.416. The highest BCUT2D eigenvalue weighted by molar-refractivity contribution is 5.23. The van der Waals surface area contributed by atoms with Crippen LogP contribution in [0.3, 0.4) is 0 Å². The molecule has 0 aromatic heterocycles. The summed E-state index contributed by atoms with van der Waals surface area (Å²) in [6.07, 6.45) is 19.7. The molecule has 0 bridgehead atoms. The van der Waals surface area contributed by atoms with Gasteiger partial charge in [-0.15, -0.1) is 0 Å². The molecular formula is C19H32N2. The smallest absolute Gasteiger partial charge is 0.0517 e. The molecule has 0 radical (unpaired) electrons. The van der Waals surface area contributed by atoms with Crippen molar-refractivity contribution in [2.45, 2.75) is 59.4 Å². The Balaban J connectivity index is 2.93. The van der Waals surface area contributed by atoms with Crippen LogP contribution in [0.15, 0.2) is 48.5 Å². The molecule has 0 aromatic rings. The molecule has 0 saturated carbocycles. The fourth-order valence-corrected chi connectivity index (χ4v) is 2.82. The van der Waals surface area contributed by atoms with Crippen LogP contribution in [0.25, 0.3) is 0 Å². The molecule has 0 aliphatic heterocycles. The van der Waals surface area contributed by atoms with Gasteiger partial charge in [0.2, 0.25) is 0 Å². The molecule has 21 heavy (non-hydrogen) atoms. The molecule has 0 aromatic carbocycles. The van der Waals surface area contributed by atoms with Gasteiger partial charge in [-0.2, -0.15) is 0 Å². The van der Waals surface area contributed by atoms with Crippen LogP contribution in [0, 0.1) is 11.8 Å². The van der Waals surface area contributed by atoms with E-state index in [9.17, 15) is 0 Å². The van der Waals surface area contributed by atoms with E-state index in [1.54, 1.807) is 6.20 Å². The normalized spacial score (nSPS) is 23.6. The minimum absolute atomic E-state index is 0.416. The molecule has 118 valence electrons. The lowest BCUT2D eigenvalue weighted by atomic mass is 9.84. The van der Waals surface area contributed by atoms with Crippen molar-refractivity contribution in [3.8, 4) is 0 Å². The van der Waals surface area contributed by atoms with Crippen molar-refractivity contribution in [2.24, 2.45) is 17.6 Å². The maximum atomic E-state index is 5.68. The van der Waals surface area contributed by atoms with Crippen molar-refractivity contribution in [2.75, 3.05) is 0 Å². The molecule has 0 amide bonds. The van der Waals surface area contributed by atoms with Crippen molar-refractivity contribution >= 4 is 0 Å². The van der Waals surface area contributed by atoms with Crippen LogP contribution in [-0.4, -0.2) is 10.9 Å². The van der Waals surface area contributed by atoms with Gasteiger partial charge in [0.1, 0.15) is 0 Å². The van der Waals surface area contributed by atoms with Crippen LogP contribution in [0.1, 0.15) is 53.4 Å². The number of allylic oxidation sites excluding steroid dienone is 4. The van der Waals surface area contributed by atoms with Gasteiger partial charge in [0.25, 0.3) is 0 Å². The van der Waals surface area contributed by atoms with E-state index in [1.807, 2.05) is 6.20 Å². The number of hydrogen-bond donors (Lipinski definition) is 1. The average molecular weight is 288 g/mol. The van der Waals surface area contributed by atoms with E-state index in [4.69, 9.17) is 5.73 Å². The van der Waals surface area contributed by atoms with Gasteiger partial charge in [-0.1, -0.05) is 51.5 Å². The van der Waals surface area contributed by atoms with Gasteiger partial charge < -0.3 is 10.6 Å². The van der Waals surface area contributed by atoms with Crippen LogP contribution in [0.5, 0.6) is 0 Å². The van der Waals surface area contributed by atoms with Crippen molar-refractivity contribution < 1.29 is 0 Å². The van der Waals surface area contributed by atoms with Crippen molar-refractivity contribution in [1.82, 2.24) is 4.90 Å². The summed E-state index contributed by atoms with van der Waals surface area (Å²) < 4.78 is 0. The Hall–Kier alpha value is -1.44. The molecule has 1 aliphatic carbocycles. The van der Waals surface area contributed by atoms with E-state index < -0.39 is 0 Å². The fraction of sp³-hybridized carbons (Fsp3) is 0.579. The molecular weight excluding hydrogens is 256 g/mol. The third kappa shape index (κ3) is 5.45. The standard InChI is InChI=1S/C19H32N2/c1-5-7-9-18(8-6-2)21(15-14-20)19-12-10-17(11-13-19)16(3)4/h6,8-10,12,14-17,19H,5,7,11,13,20H2,1-4H3/b8-6-,15-14+,18-9?/t17-,19+/m1/s1. The lowest BCUT2D eigenvalue weighted by Gasteiger charge is -2.34. The van der Waals surface area contributed by atoms with Crippen LogP contribution in [0.2, 0.25) is 0 Å². The highest BCUT2D eigenvalue weighted by atomic mass is 15.1. The molecule has 0 spiro atoms. The topological polar surface area (TPSA) is 29.3 Å². The summed E-state index contributed by atoms with van der Waals surface area (Å²) in [7, 11) is 0. The van der Waals surface area contributed by atoms with Crippen LogP contribution in [-0.2, 0) is 0 Å². The Morgan fingerprint density at radius 1 is 1.33 bits per heavy atom. The summed E-state index contributed by atoms with van der Waals surface area (Å²) >= 11 is 0. The van der Waals surface area contributed by atoms with Gasteiger partial charge in [0, 0.05) is 18.1 Å². The van der Waals surface area contributed by atoms with Gasteiger partial charge >= 0.3 is 0 Å². The van der Waals surface area contributed by atoms with Crippen LogP contribution >= 0.6 is 0 Å². The summed E-state index contributed by atoms with van der Waals surface area (Å²) in [6.45, 7) is 8.88. The molecule has 0 saturated heterocycles. The zero-order valence-electron chi connectivity index (χ0n) is 14.1. The Bertz CT molecular complexity index is 402. The molecule has 0 heterocycles. The summed E-state index contributed by atoms with van der Waals surface area (Å²) in [6, 6.07) is 0.416. The first-order chi connectivity index (χ1) is 10.1. The summed E-state index contributed by atoms with van der Waals surface area (Å²) in [5.74, 6) is 1.45. The molecule has 2 heteroatoms. The number of hydrogen-bond acceptors (Lipinski definition) is 2. The van der Waals surface area contributed by atoms with E-state index in [0.29, 0.717) is 6.04 Å². The summed E-state index contributed by atoms with van der Waals surface area (Å²) in [5.41, 5.74) is 6.93. The maximum absolute atomic E-state index is 5.68. The third-order valence-corrected chi connectivity index (χ3v) is 4.11. The zero-order chi connectivity index (χ0) is 15.7. The molecule has 1 aliphatic rings.